The molecule has 0 spiro atoms. The van der Waals surface area contributed by atoms with Crippen LogP contribution in [-0.4, -0.2) is 25.7 Å². The number of aromatic nitrogens is 4. The van der Waals surface area contributed by atoms with Crippen molar-refractivity contribution in [2.75, 3.05) is 0 Å². The van der Waals surface area contributed by atoms with Gasteiger partial charge in [-0.15, -0.1) is 0 Å². The van der Waals surface area contributed by atoms with Gasteiger partial charge in [-0.25, -0.2) is 22.8 Å². The van der Waals surface area contributed by atoms with E-state index in [0.29, 0.717) is 11.3 Å². The lowest BCUT2D eigenvalue weighted by atomic mass is 10.1. The number of nitrogens with zero attached hydrogens (tertiary/aromatic N) is 3. The Hall–Kier alpha value is -3.95. The number of aromatic amines is 1. The Morgan fingerprint density at radius 3 is 2.40 bits per heavy atom. The van der Waals surface area contributed by atoms with Gasteiger partial charge in [-0.1, -0.05) is 0 Å². The van der Waals surface area contributed by atoms with Gasteiger partial charge in [0.05, 0.1) is 12.1 Å². The van der Waals surface area contributed by atoms with E-state index < -0.39 is 28.9 Å². The van der Waals surface area contributed by atoms with E-state index in [4.69, 9.17) is 0 Å². The number of hydrogen-bond acceptors (Lipinski definition) is 4. The number of rotatable bonds is 5. The van der Waals surface area contributed by atoms with E-state index >= 15 is 0 Å². The molecule has 0 aliphatic heterocycles. The Bertz CT molecular complexity index is 1280. The molecule has 2 aromatic heterocycles. The molecular formula is C20H14F3N5O2. The summed E-state index contributed by atoms with van der Waals surface area (Å²) in [6, 6.07) is 10.0. The summed E-state index contributed by atoms with van der Waals surface area (Å²) >= 11 is 0. The molecular weight excluding hydrogens is 399 g/mol. The Kier molecular flexibility index (Phi) is 5.05. The fourth-order valence-electron chi connectivity index (χ4n) is 2.96. The number of carbonyl (C=O) groups is 1. The molecule has 10 heteroatoms. The summed E-state index contributed by atoms with van der Waals surface area (Å²) in [7, 11) is 0. The molecule has 2 heterocycles. The third kappa shape index (κ3) is 4.07. The van der Waals surface area contributed by atoms with E-state index in [-0.39, 0.29) is 29.9 Å². The summed E-state index contributed by atoms with van der Waals surface area (Å²) in [5, 5.41) is 13.0. The molecule has 0 fully saturated rings. The quantitative estimate of drug-likeness (QED) is 0.526. The van der Waals surface area contributed by atoms with Gasteiger partial charge in [-0.05, 0) is 48.0 Å². The third-order valence-electron chi connectivity index (χ3n) is 4.34. The SMILES string of the molecule is O=C(Cc1n[nH]c(=O)c2cc(-c3ccc(F)cc3)nn12)NCc1cc(F)cc(F)c1. The molecule has 4 aromatic rings. The van der Waals surface area contributed by atoms with Crippen molar-refractivity contribution in [2.24, 2.45) is 0 Å². The van der Waals surface area contributed by atoms with Crippen LogP contribution in [0.5, 0.6) is 0 Å². The first-order valence-electron chi connectivity index (χ1n) is 8.84. The second kappa shape index (κ2) is 7.82. The van der Waals surface area contributed by atoms with Crippen molar-refractivity contribution < 1.29 is 18.0 Å². The van der Waals surface area contributed by atoms with Crippen LogP contribution >= 0.6 is 0 Å². The summed E-state index contributed by atoms with van der Waals surface area (Å²) in [4.78, 5) is 24.4. The average molecular weight is 413 g/mol. The highest BCUT2D eigenvalue weighted by molar-refractivity contribution is 5.78. The molecule has 0 aliphatic carbocycles. The summed E-state index contributed by atoms with van der Waals surface area (Å²) < 4.78 is 40.9. The van der Waals surface area contributed by atoms with Crippen LogP contribution in [0.15, 0.2) is 53.3 Å². The first-order valence-corrected chi connectivity index (χ1v) is 8.84. The van der Waals surface area contributed by atoms with Gasteiger partial charge in [0.25, 0.3) is 5.56 Å². The first kappa shape index (κ1) is 19.4. The molecule has 7 nitrogen and oxygen atoms in total. The number of H-pyrrole nitrogens is 1. The van der Waals surface area contributed by atoms with Crippen LogP contribution in [0.25, 0.3) is 16.8 Å². The number of halogens is 3. The van der Waals surface area contributed by atoms with Crippen molar-refractivity contribution in [3.8, 4) is 11.3 Å². The molecule has 30 heavy (non-hydrogen) atoms. The fraction of sp³-hybridized carbons (Fsp3) is 0.100. The minimum atomic E-state index is -0.742. The van der Waals surface area contributed by atoms with Crippen LogP contribution in [0.4, 0.5) is 13.2 Å². The minimum absolute atomic E-state index is 0.0834. The monoisotopic (exact) mass is 413 g/mol. The normalized spacial score (nSPS) is 11.0. The van der Waals surface area contributed by atoms with Crippen molar-refractivity contribution >= 4 is 11.4 Å². The lowest BCUT2D eigenvalue weighted by molar-refractivity contribution is -0.120. The van der Waals surface area contributed by atoms with Gasteiger partial charge in [0.15, 0.2) is 5.82 Å². The van der Waals surface area contributed by atoms with E-state index in [1.54, 1.807) is 0 Å². The smallest absolute Gasteiger partial charge is 0.290 e. The van der Waals surface area contributed by atoms with E-state index in [9.17, 15) is 22.8 Å². The average Bonchev–Trinajstić information content (AvgIpc) is 3.15. The molecule has 0 radical (unpaired) electrons. The van der Waals surface area contributed by atoms with Crippen LogP contribution in [0.2, 0.25) is 0 Å². The third-order valence-corrected chi connectivity index (χ3v) is 4.34. The van der Waals surface area contributed by atoms with Crippen LogP contribution in [0.3, 0.4) is 0 Å². The molecule has 2 aromatic carbocycles. The number of nitrogens with one attached hydrogen (secondary N) is 2. The Labute approximate surface area is 167 Å². The van der Waals surface area contributed by atoms with Gasteiger partial charge < -0.3 is 5.32 Å². The lowest BCUT2D eigenvalue weighted by Crippen LogP contribution is -2.27. The van der Waals surface area contributed by atoms with Crippen molar-refractivity contribution in [1.82, 2.24) is 25.1 Å². The molecule has 1 amide bonds. The molecule has 2 N–H and O–H groups in total. The van der Waals surface area contributed by atoms with Crippen LogP contribution in [0.1, 0.15) is 11.4 Å². The van der Waals surface area contributed by atoms with E-state index in [0.717, 1.165) is 18.2 Å². The fourth-order valence-corrected chi connectivity index (χ4v) is 2.96. The lowest BCUT2D eigenvalue weighted by Gasteiger charge is -2.06. The molecule has 0 saturated heterocycles. The van der Waals surface area contributed by atoms with Crippen molar-refractivity contribution in [3.05, 3.63) is 87.7 Å². The maximum atomic E-state index is 13.2. The minimum Gasteiger partial charge on any atom is -0.352 e. The van der Waals surface area contributed by atoms with Gasteiger partial charge in [-0.2, -0.15) is 10.2 Å². The highest BCUT2D eigenvalue weighted by atomic mass is 19.1. The number of fused-ring (bicyclic) bond motifs is 1. The second-order valence-electron chi connectivity index (χ2n) is 6.53. The number of benzene rings is 2. The van der Waals surface area contributed by atoms with Crippen LogP contribution in [0, 0.1) is 17.5 Å². The molecule has 0 aliphatic rings. The number of amides is 1. The van der Waals surface area contributed by atoms with Gasteiger partial charge in [0, 0.05) is 18.2 Å². The summed E-state index contributed by atoms with van der Waals surface area (Å²) in [6.45, 7) is -0.0834. The van der Waals surface area contributed by atoms with E-state index in [1.165, 1.54) is 34.8 Å². The van der Waals surface area contributed by atoms with Gasteiger partial charge in [0.1, 0.15) is 23.0 Å². The molecule has 4 rings (SSSR count). The molecule has 0 atom stereocenters. The van der Waals surface area contributed by atoms with E-state index in [1.807, 2.05) is 0 Å². The largest absolute Gasteiger partial charge is 0.352 e. The predicted molar refractivity (Wildman–Crippen MR) is 101 cm³/mol. The summed E-state index contributed by atoms with van der Waals surface area (Å²) in [5.74, 6) is -2.22. The summed E-state index contributed by atoms with van der Waals surface area (Å²) in [5.41, 5.74) is 0.918. The van der Waals surface area contributed by atoms with Crippen molar-refractivity contribution in [1.29, 1.82) is 0 Å². The highest BCUT2D eigenvalue weighted by Gasteiger charge is 2.15. The molecule has 152 valence electrons. The summed E-state index contributed by atoms with van der Waals surface area (Å²) in [6.07, 6.45) is -0.240. The van der Waals surface area contributed by atoms with Crippen molar-refractivity contribution in [2.45, 2.75) is 13.0 Å². The Balaban J connectivity index is 1.56. The maximum absolute atomic E-state index is 13.2. The zero-order valence-corrected chi connectivity index (χ0v) is 15.3. The first-order chi connectivity index (χ1) is 14.4. The van der Waals surface area contributed by atoms with Crippen LogP contribution < -0.4 is 10.9 Å². The Morgan fingerprint density at radius 2 is 1.70 bits per heavy atom. The van der Waals surface area contributed by atoms with E-state index in [2.05, 4.69) is 20.6 Å². The number of carbonyl (C=O) groups excluding carboxylic acids is 1. The standard InChI is InChI=1S/C20H14F3N5O2/c21-13-3-1-12(2-4-13)16-8-17-20(30)26-25-18(28(17)27-16)9-19(29)24-10-11-5-14(22)7-15(23)6-11/h1-8H,9-10H2,(H,24,29)(H,26,30). The highest BCUT2D eigenvalue weighted by Crippen LogP contribution is 2.19. The Morgan fingerprint density at radius 1 is 1.00 bits per heavy atom. The van der Waals surface area contributed by atoms with Crippen LogP contribution in [-0.2, 0) is 17.8 Å². The van der Waals surface area contributed by atoms with Gasteiger partial charge >= 0.3 is 0 Å². The zero-order valence-electron chi connectivity index (χ0n) is 15.3. The number of hydrogen-bond donors (Lipinski definition) is 2. The predicted octanol–water partition coefficient (Wildman–Crippen LogP) is 2.36. The second-order valence-corrected chi connectivity index (χ2v) is 6.53. The van der Waals surface area contributed by atoms with Gasteiger partial charge in [-0.3, -0.25) is 9.59 Å². The topological polar surface area (TPSA) is 92.2 Å². The molecule has 0 bridgehead atoms. The maximum Gasteiger partial charge on any atom is 0.290 e. The molecule has 0 unspecified atom stereocenters. The van der Waals surface area contributed by atoms with Gasteiger partial charge in [0.2, 0.25) is 5.91 Å². The molecule has 0 saturated carbocycles. The van der Waals surface area contributed by atoms with Crippen molar-refractivity contribution in [3.63, 3.8) is 0 Å². The zero-order chi connectivity index (χ0) is 21.3.